The summed E-state index contributed by atoms with van der Waals surface area (Å²) in [4.78, 5) is 37.1. The lowest BCUT2D eigenvalue weighted by atomic mass is 10.0. The van der Waals surface area contributed by atoms with Crippen molar-refractivity contribution in [3.8, 4) is 0 Å². The zero-order valence-electron chi connectivity index (χ0n) is 43.6. The zero-order chi connectivity index (χ0) is 48.4. The molecule has 382 valence electrons. The van der Waals surface area contributed by atoms with Gasteiger partial charge in [0.15, 0.2) is 6.10 Å². The van der Waals surface area contributed by atoms with Crippen molar-refractivity contribution in [1.29, 1.82) is 0 Å². The summed E-state index contributed by atoms with van der Waals surface area (Å²) in [6.45, 7) is 4.55. The summed E-state index contributed by atoms with van der Waals surface area (Å²) in [5.74, 6) is -1.73. The lowest BCUT2D eigenvalue weighted by Gasteiger charge is -2.34. The normalized spacial score (nSPS) is 13.3. The SMILES string of the molecule is CC/C=C/C/C=C/C/C=C/CCCCCCCCCCCCCCCC(=O)OCC(COCCC(C(=O)[O-])[N+](C)(C)C)OC(=O)CCCCCCCCCCCC/C=C/C=C/CCCCC. The molecule has 0 radical (unpaired) electrons. The summed E-state index contributed by atoms with van der Waals surface area (Å²) in [5.41, 5.74) is 0. The number of allylic oxidation sites excluding steroid dienone is 10. The van der Waals surface area contributed by atoms with Gasteiger partial charge in [-0.25, -0.2) is 0 Å². The molecule has 0 saturated carbocycles. The molecule has 0 aliphatic carbocycles. The highest BCUT2D eigenvalue weighted by Crippen LogP contribution is 2.16. The second-order valence-corrected chi connectivity index (χ2v) is 19.5. The van der Waals surface area contributed by atoms with Crippen LogP contribution < -0.4 is 5.11 Å². The molecule has 0 amide bonds. The quantitative estimate of drug-likeness (QED) is 0.0197. The van der Waals surface area contributed by atoms with Gasteiger partial charge in [0.05, 0.1) is 40.3 Å². The van der Waals surface area contributed by atoms with E-state index in [1.54, 1.807) is 21.1 Å². The van der Waals surface area contributed by atoms with Gasteiger partial charge in [0.25, 0.3) is 0 Å². The number of quaternary nitrogens is 1. The number of hydrogen-bond acceptors (Lipinski definition) is 7. The monoisotopic (exact) mass is 926 g/mol. The first kappa shape index (κ1) is 63.0. The van der Waals surface area contributed by atoms with Crippen LogP contribution in [0.1, 0.15) is 239 Å². The lowest BCUT2D eigenvalue weighted by molar-refractivity contribution is -0.889. The second-order valence-electron chi connectivity index (χ2n) is 19.5. The largest absolute Gasteiger partial charge is 0.544 e. The van der Waals surface area contributed by atoms with Gasteiger partial charge in [-0.2, -0.15) is 0 Å². The molecular formula is C58H103NO7. The van der Waals surface area contributed by atoms with Crippen LogP contribution in [0.4, 0.5) is 0 Å². The number of carboxylic acids is 1. The van der Waals surface area contributed by atoms with E-state index in [2.05, 4.69) is 74.6 Å². The molecule has 2 unspecified atom stereocenters. The second kappa shape index (κ2) is 48.5. The summed E-state index contributed by atoms with van der Waals surface area (Å²) in [6.07, 6.45) is 61.1. The average Bonchev–Trinajstić information content (AvgIpc) is 3.28. The van der Waals surface area contributed by atoms with E-state index < -0.39 is 18.1 Å². The number of ether oxygens (including phenoxy) is 3. The van der Waals surface area contributed by atoms with Gasteiger partial charge in [-0.15, -0.1) is 0 Å². The topological polar surface area (TPSA) is 102 Å². The van der Waals surface area contributed by atoms with Crippen LogP contribution in [0.2, 0.25) is 0 Å². The van der Waals surface area contributed by atoms with Crippen molar-refractivity contribution in [3.63, 3.8) is 0 Å². The van der Waals surface area contributed by atoms with Crippen molar-refractivity contribution in [2.75, 3.05) is 41.0 Å². The number of aliphatic carboxylic acids is 1. The van der Waals surface area contributed by atoms with Gasteiger partial charge in [-0.1, -0.05) is 209 Å². The predicted octanol–water partition coefficient (Wildman–Crippen LogP) is 14.8. The van der Waals surface area contributed by atoms with E-state index in [0.717, 1.165) is 57.8 Å². The summed E-state index contributed by atoms with van der Waals surface area (Å²) >= 11 is 0. The van der Waals surface area contributed by atoms with Crippen molar-refractivity contribution < 1.29 is 38.2 Å². The summed E-state index contributed by atoms with van der Waals surface area (Å²) in [5, 5.41) is 11.7. The first-order valence-corrected chi connectivity index (χ1v) is 27.3. The molecule has 8 heteroatoms. The molecule has 0 bridgehead atoms. The fraction of sp³-hybridized carbons (Fsp3) is 0.776. The van der Waals surface area contributed by atoms with Crippen LogP contribution in [0.3, 0.4) is 0 Å². The maximum atomic E-state index is 12.8. The van der Waals surface area contributed by atoms with Crippen LogP contribution in [0.5, 0.6) is 0 Å². The third-order valence-electron chi connectivity index (χ3n) is 12.2. The Kier molecular flexibility index (Phi) is 46.3. The molecule has 8 nitrogen and oxygen atoms in total. The van der Waals surface area contributed by atoms with Crippen molar-refractivity contribution in [2.45, 2.75) is 251 Å². The van der Waals surface area contributed by atoms with Crippen molar-refractivity contribution in [1.82, 2.24) is 0 Å². The Morgan fingerprint density at radius 1 is 0.485 bits per heavy atom. The maximum Gasteiger partial charge on any atom is 0.306 e. The third-order valence-corrected chi connectivity index (χ3v) is 12.2. The number of nitrogens with zero attached hydrogens (tertiary/aromatic N) is 1. The van der Waals surface area contributed by atoms with Crippen LogP contribution in [0.25, 0.3) is 0 Å². The molecule has 0 spiro atoms. The van der Waals surface area contributed by atoms with Crippen molar-refractivity contribution in [3.05, 3.63) is 60.8 Å². The molecule has 0 aromatic rings. The Hall–Kier alpha value is -2.97. The Balaban J connectivity index is 4.18. The molecule has 0 aromatic carbocycles. The first-order chi connectivity index (χ1) is 32.1. The lowest BCUT2D eigenvalue weighted by Crippen LogP contribution is -2.55. The van der Waals surface area contributed by atoms with E-state index in [1.807, 2.05) is 0 Å². The summed E-state index contributed by atoms with van der Waals surface area (Å²) in [7, 11) is 5.42. The number of carbonyl (C=O) groups excluding carboxylic acids is 3. The molecule has 0 aliphatic heterocycles. The number of likely N-dealkylation sites (N-methyl/N-ethyl adjacent to an activating group) is 1. The number of rotatable bonds is 49. The van der Waals surface area contributed by atoms with Gasteiger partial charge < -0.3 is 28.6 Å². The summed E-state index contributed by atoms with van der Waals surface area (Å²) in [6, 6.07) is -0.728. The fourth-order valence-electron chi connectivity index (χ4n) is 7.96. The van der Waals surface area contributed by atoms with E-state index in [4.69, 9.17) is 14.2 Å². The van der Waals surface area contributed by atoms with E-state index in [0.29, 0.717) is 12.8 Å². The molecule has 0 aliphatic rings. The van der Waals surface area contributed by atoms with Gasteiger partial charge in [-0.3, -0.25) is 9.59 Å². The van der Waals surface area contributed by atoms with Crippen molar-refractivity contribution >= 4 is 17.9 Å². The number of esters is 2. The predicted molar refractivity (Wildman–Crippen MR) is 277 cm³/mol. The number of carboxylic acid groups (broad SMARTS) is 1. The molecule has 66 heavy (non-hydrogen) atoms. The number of hydrogen-bond donors (Lipinski definition) is 0. The van der Waals surface area contributed by atoms with Gasteiger partial charge in [0.2, 0.25) is 0 Å². The maximum absolute atomic E-state index is 12.8. The molecule has 0 N–H and O–H groups in total. The number of carbonyl (C=O) groups is 3. The highest BCUT2D eigenvalue weighted by atomic mass is 16.6. The Morgan fingerprint density at radius 3 is 1.35 bits per heavy atom. The van der Waals surface area contributed by atoms with E-state index in [-0.39, 0.29) is 42.7 Å². The highest BCUT2D eigenvalue weighted by molar-refractivity contribution is 5.70. The molecular weight excluding hydrogens is 823 g/mol. The Morgan fingerprint density at radius 2 is 0.894 bits per heavy atom. The van der Waals surface area contributed by atoms with Crippen LogP contribution in [0, 0.1) is 0 Å². The minimum atomic E-state index is -1.12. The van der Waals surface area contributed by atoms with Crippen LogP contribution >= 0.6 is 0 Å². The van der Waals surface area contributed by atoms with E-state index in [9.17, 15) is 19.5 Å². The molecule has 2 atom stereocenters. The van der Waals surface area contributed by atoms with Gasteiger partial charge >= 0.3 is 11.9 Å². The smallest absolute Gasteiger partial charge is 0.306 e. The molecule has 0 aromatic heterocycles. The minimum Gasteiger partial charge on any atom is -0.544 e. The zero-order valence-corrected chi connectivity index (χ0v) is 43.6. The number of unbranched alkanes of at least 4 members (excludes halogenated alkanes) is 26. The molecule has 0 fully saturated rings. The van der Waals surface area contributed by atoms with Crippen LogP contribution in [-0.4, -0.2) is 75.5 Å². The molecule has 0 heterocycles. The van der Waals surface area contributed by atoms with Crippen LogP contribution in [0.15, 0.2) is 60.8 Å². The van der Waals surface area contributed by atoms with Gasteiger partial charge in [0, 0.05) is 19.3 Å². The first-order valence-electron chi connectivity index (χ1n) is 27.3. The Labute approximate surface area is 407 Å². The van der Waals surface area contributed by atoms with Crippen molar-refractivity contribution in [2.24, 2.45) is 0 Å². The van der Waals surface area contributed by atoms with Gasteiger partial charge in [0.1, 0.15) is 12.6 Å². The minimum absolute atomic E-state index is 0.0391. The summed E-state index contributed by atoms with van der Waals surface area (Å²) < 4.78 is 17.3. The van der Waals surface area contributed by atoms with E-state index >= 15 is 0 Å². The van der Waals surface area contributed by atoms with Gasteiger partial charge in [-0.05, 0) is 70.6 Å². The highest BCUT2D eigenvalue weighted by Gasteiger charge is 2.25. The van der Waals surface area contributed by atoms with Crippen LogP contribution in [-0.2, 0) is 28.6 Å². The fourth-order valence-corrected chi connectivity index (χ4v) is 7.96. The Bertz CT molecular complexity index is 1260. The third kappa shape index (κ3) is 46.2. The van der Waals surface area contributed by atoms with E-state index in [1.165, 1.54) is 148 Å². The molecule has 0 rings (SSSR count). The molecule has 0 saturated heterocycles. The standard InChI is InChI=1S/C58H103NO7/c1-6-8-10-12-14-16-18-20-22-24-26-27-28-29-31-32-34-36-38-40-42-44-46-48-56(60)65-53-54(52-64-51-50-55(58(62)63)59(3,4)5)66-57(61)49-47-45-43-41-39-37-35-33-30-25-23-21-19-17-15-13-11-9-7-2/h8,10,14-17,19-22,54-55H,6-7,9,11-13,18,23-53H2,1-5H3/b10-8+,16-14+,17-15+,21-19+,22-20+. The average molecular weight is 926 g/mol.